The molecule has 0 aliphatic carbocycles. The summed E-state index contributed by atoms with van der Waals surface area (Å²) in [6.07, 6.45) is 2.75. The van der Waals surface area contributed by atoms with Gasteiger partial charge in [-0.05, 0) is 43.5 Å². The zero-order chi connectivity index (χ0) is 13.9. The van der Waals surface area contributed by atoms with E-state index >= 15 is 0 Å². The lowest BCUT2D eigenvalue weighted by Gasteiger charge is -2.31. The number of carbonyl (C=O) groups is 1. The van der Waals surface area contributed by atoms with Gasteiger partial charge in [0.25, 0.3) is 0 Å². The van der Waals surface area contributed by atoms with Gasteiger partial charge >= 0.3 is 0 Å². The van der Waals surface area contributed by atoms with Gasteiger partial charge < -0.3 is 10.2 Å². The molecule has 0 radical (unpaired) electrons. The average molecular weight is 264 g/mol. The van der Waals surface area contributed by atoms with Crippen molar-refractivity contribution in [3.05, 3.63) is 35.6 Å². The maximum absolute atomic E-state index is 12.9. The molecule has 1 amide bonds. The molecule has 3 nitrogen and oxygen atoms in total. The molecule has 1 aromatic rings. The Morgan fingerprint density at radius 1 is 1.42 bits per heavy atom. The predicted molar refractivity (Wildman–Crippen MR) is 73.1 cm³/mol. The Kier molecular flexibility index (Phi) is 4.20. The minimum Gasteiger partial charge on any atom is -0.340 e. The van der Waals surface area contributed by atoms with Crippen molar-refractivity contribution in [2.45, 2.75) is 38.3 Å². The summed E-state index contributed by atoms with van der Waals surface area (Å²) < 4.78 is 12.9. The Morgan fingerprint density at radius 2 is 2.11 bits per heavy atom. The van der Waals surface area contributed by atoms with E-state index in [4.69, 9.17) is 0 Å². The Hall–Kier alpha value is -1.42. The summed E-state index contributed by atoms with van der Waals surface area (Å²) in [7, 11) is 1.81. The second-order valence-electron chi connectivity index (χ2n) is 5.25. The van der Waals surface area contributed by atoms with Crippen LogP contribution in [0.15, 0.2) is 24.3 Å². The highest BCUT2D eigenvalue weighted by atomic mass is 19.1. The molecule has 1 fully saturated rings. The van der Waals surface area contributed by atoms with Crippen LogP contribution in [0, 0.1) is 5.82 Å². The van der Waals surface area contributed by atoms with E-state index in [-0.39, 0.29) is 11.7 Å². The van der Waals surface area contributed by atoms with Crippen LogP contribution in [-0.2, 0) is 11.3 Å². The third-order valence-electron chi connectivity index (χ3n) is 3.94. The zero-order valence-electron chi connectivity index (χ0n) is 11.6. The normalized spacial score (nSPS) is 22.5. The van der Waals surface area contributed by atoms with Gasteiger partial charge in [0, 0.05) is 13.6 Å². The molecule has 1 heterocycles. The summed E-state index contributed by atoms with van der Waals surface area (Å²) in [5.74, 6) is -0.114. The lowest BCUT2D eigenvalue weighted by atomic mass is 9.92. The summed E-state index contributed by atoms with van der Waals surface area (Å²) in [6, 6.07) is 6.30. The van der Waals surface area contributed by atoms with Crippen LogP contribution in [0.1, 0.15) is 31.7 Å². The lowest BCUT2D eigenvalue weighted by molar-refractivity contribution is -0.137. The van der Waals surface area contributed by atoms with E-state index in [1.165, 1.54) is 12.1 Å². The largest absolute Gasteiger partial charge is 0.340 e. The molecular formula is C15H21FN2O. The van der Waals surface area contributed by atoms with E-state index in [2.05, 4.69) is 5.32 Å². The molecule has 1 atom stereocenters. The van der Waals surface area contributed by atoms with Crippen molar-refractivity contribution in [1.82, 2.24) is 10.2 Å². The monoisotopic (exact) mass is 264 g/mol. The highest BCUT2D eigenvalue weighted by molar-refractivity contribution is 5.86. The van der Waals surface area contributed by atoms with Crippen LogP contribution in [0.25, 0.3) is 0 Å². The number of halogens is 1. The number of carbonyl (C=O) groups excluding carboxylic acids is 1. The summed E-state index contributed by atoms with van der Waals surface area (Å²) >= 11 is 0. The quantitative estimate of drug-likeness (QED) is 0.905. The Morgan fingerprint density at radius 3 is 2.63 bits per heavy atom. The molecule has 1 aromatic carbocycles. The Balaban J connectivity index is 2.04. The molecule has 1 aliphatic heterocycles. The number of nitrogens with one attached hydrogen (secondary N) is 1. The highest BCUT2D eigenvalue weighted by Crippen LogP contribution is 2.25. The van der Waals surface area contributed by atoms with E-state index in [1.807, 2.05) is 14.0 Å². The van der Waals surface area contributed by atoms with Gasteiger partial charge in [0.1, 0.15) is 5.82 Å². The van der Waals surface area contributed by atoms with Gasteiger partial charge in [0.2, 0.25) is 5.91 Å². The number of hydrogen-bond acceptors (Lipinski definition) is 2. The fourth-order valence-electron chi connectivity index (χ4n) is 2.74. The molecular weight excluding hydrogens is 243 g/mol. The Bertz CT molecular complexity index is 438. The molecule has 104 valence electrons. The van der Waals surface area contributed by atoms with Crippen LogP contribution >= 0.6 is 0 Å². The fourth-order valence-corrected chi connectivity index (χ4v) is 2.74. The number of amides is 1. The third-order valence-corrected chi connectivity index (χ3v) is 3.94. The van der Waals surface area contributed by atoms with Crippen molar-refractivity contribution >= 4 is 5.91 Å². The Labute approximate surface area is 113 Å². The number of hydrogen-bond donors (Lipinski definition) is 1. The number of likely N-dealkylation sites (N-methyl/N-ethyl adjacent to an activating group) is 1. The number of rotatable bonds is 4. The maximum Gasteiger partial charge on any atom is 0.242 e. The van der Waals surface area contributed by atoms with Crippen molar-refractivity contribution in [2.24, 2.45) is 0 Å². The molecule has 0 bridgehead atoms. The van der Waals surface area contributed by atoms with Crippen LogP contribution in [0.3, 0.4) is 0 Å². The lowest BCUT2D eigenvalue weighted by Crippen LogP contribution is -2.53. The molecule has 1 saturated heterocycles. The standard InChI is InChI=1S/C15H21FN2O/c1-3-15(9-4-10-17-15)14(19)18(2)11-12-5-7-13(16)8-6-12/h5-8,17H,3-4,9-11H2,1-2H3. The van der Waals surface area contributed by atoms with Gasteiger partial charge in [-0.1, -0.05) is 19.1 Å². The molecule has 1 N–H and O–H groups in total. The number of benzene rings is 1. The van der Waals surface area contributed by atoms with E-state index in [0.29, 0.717) is 6.54 Å². The molecule has 0 spiro atoms. The van der Waals surface area contributed by atoms with Crippen molar-refractivity contribution in [1.29, 1.82) is 0 Å². The highest BCUT2D eigenvalue weighted by Gasteiger charge is 2.40. The van der Waals surface area contributed by atoms with Crippen LogP contribution in [0.2, 0.25) is 0 Å². The van der Waals surface area contributed by atoms with Crippen LogP contribution < -0.4 is 5.32 Å². The van der Waals surface area contributed by atoms with Crippen molar-refractivity contribution in [3.63, 3.8) is 0 Å². The molecule has 1 aliphatic rings. The first-order valence-corrected chi connectivity index (χ1v) is 6.82. The van der Waals surface area contributed by atoms with E-state index in [9.17, 15) is 9.18 Å². The van der Waals surface area contributed by atoms with Gasteiger partial charge in [-0.15, -0.1) is 0 Å². The molecule has 19 heavy (non-hydrogen) atoms. The van der Waals surface area contributed by atoms with Crippen LogP contribution in [0.4, 0.5) is 4.39 Å². The van der Waals surface area contributed by atoms with Crippen molar-refractivity contribution < 1.29 is 9.18 Å². The first-order valence-electron chi connectivity index (χ1n) is 6.82. The summed E-state index contributed by atoms with van der Waals surface area (Å²) in [4.78, 5) is 14.3. The molecule has 0 aromatic heterocycles. The minimum atomic E-state index is -0.394. The van der Waals surface area contributed by atoms with E-state index in [0.717, 1.165) is 31.4 Å². The van der Waals surface area contributed by atoms with Gasteiger partial charge in [-0.25, -0.2) is 4.39 Å². The van der Waals surface area contributed by atoms with Crippen molar-refractivity contribution in [3.8, 4) is 0 Å². The van der Waals surface area contributed by atoms with Gasteiger partial charge in [0.15, 0.2) is 0 Å². The van der Waals surface area contributed by atoms with Crippen LogP contribution in [-0.4, -0.2) is 29.9 Å². The second-order valence-corrected chi connectivity index (χ2v) is 5.25. The van der Waals surface area contributed by atoms with E-state index < -0.39 is 5.54 Å². The van der Waals surface area contributed by atoms with Gasteiger partial charge in [-0.3, -0.25) is 4.79 Å². The molecule has 4 heteroatoms. The minimum absolute atomic E-state index is 0.136. The second kappa shape index (κ2) is 5.70. The number of nitrogens with zero attached hydrogens (tertiary/aromatic N) is 1. The SMILES string of the molecule is CCC1(C(=O)N(C)Cc2ccc(F)cc2)CCCN1. The smallest absolute Gasteiger partial charge is 0.242 e. The summed E-state index contributed by atoms with van der Waals surface area (Å²) in [5.41, 5.74) is 0.552. The summed E-state index contributed by atoms with van der Waals surface area (Å²) in [5, 5.41) is 3.34. The maximum atomic E-state index is 12.9. The zero-order valence-corrected chi connectivity index (χ0v) is 11.6. The fraction of sp³-hybridized carbons (Fsp3) is 0.533. The molecule has 0 saturated carbocycles. The van der Waals surface area contributed by atoms with Gasteiger partial charge in [-0.2, -0.15) is 0 Å². The van der Waals surface area contributed by atoms with Crippen LogP contribution in [0.5, 0.6) is 0 Å². The predicted octanol–water partition coefficient (Wildman–Crippen LogP) is 2.32. The molecule has 2 rings (SSSR count). The third kappa shape index (κ3) is 2.95. The topological polar surface area (TPSA) is 32.3 Å². The van der Waals surface area contributed by atoms with Crippen molar-refractivity contribution in [2.75, 3.05) is 13.6 Å². The molecule has 1 unspecified atom stereocenters. The summed E-state index contributed by atoms with van der Waals surface area (Å²) in [6.45, 7) is 3.47. The first kappa shape index (κ1) is 14.0. The first-order chi connectivity index (χ1) is 9.07. The van der Waals surface area contributed by atoms with E-state index in [1.54, 1.807) is 17.0 Å². The van der Waals surface area contributed by atoms with Gasteiger partial charge in [0.05, 0.1) is 5.54 Å². The average Bonchev–Trinajstić information content (AvgIpc) is 2.90.